The Hall–Kier alpha value is -4.40. The highest BCUT2D eigenvalue weighted by Gasteiger charge is 2.35. The third kappa shape index (κ3) is 5.64. The maximum Gasteiger partial charge on any atom is 0.343 e. The Bertz CT molecular complexity index is 1430. The number of fused-ring (bicyclic) bond motifs is 1. The van der Waals surface area contributed by atoms with Gasteiger partial charge in [0.25, 0.3) is 0 Å². The monoisotopic (exact) mass is 556 g/mol. The molecule has 0 fully saturated rings. The van der Waals surface area contributed by atoms with Gasteiger partial charge >= 0.3 is 11.9 Å². The first-order valence-electron chi connectivity index (χ1n) is 11.2. The summed E-state index contributed by atoms with van der Waals surface area (Å²) in [7, 11) is 0. The lowest BCUT2D eigenvalue weighted by Gasteiger charge is -2.25. The highest BCUT2D eigenvalue weighted by Crippen LogP contribution is 2.46. The zero-order valence-electron chi connectivity index (χ0n) is 20.0. The number of nitrogens with one attached hydrogen (secondary N) is 4. The van der Waals surface area contributed by atoms with Gasteiger partial charge in [-0.25, -0.2) is 30.4 Å². The molecule has 16 nitrogen and oxygen atoms in total. The van der Waals surface area contributed by atoms with Crippen molar-refractivity contribution in [3.05, 3.63) is 105 Å². The summed E-state index contributed by atoms with van der Waals surface area (Å²) in [5, 5.41) is 79.6. The molecule has 0 bridgehead atoms. The van der Waals surface area contributed by atoms with Crippen LogP contribution in [0.25, 0.3) is 10.8 Å². The summed E-state index contributed by atoms with van der Waals surface area (Å²) in [4.78, 5) is 25.8. The van der Waals surface area contributed by atoms with Crippen LogP contribution >= 0.6 is 0 Å². The summed E-state index contributed by atoms with van der Waals surface area (Å²) >= 11 is 0. The second-order valence-corrected chi connectivity index (χ2v) is 8.08. The highest BCUT2D eigenvalue weighted by molar-refractivity contribution is 6.12. The molecule has 0 aromatic heterocycles. The summed E-state index contributed by atoms with van der Waals surface area (Å²) < 4.78 is 10.6. The van der Waals surface area contributed by atoms with Gasteiger partial charge in [-0.05, 0) is 24.3 Å². The molecule has 0 aliphatic heterocycles. The van der Waals surface area contributed by atoms with E-state index in [1.54, 1.807) is 12.1 Å². The molecule has 40 heavy (non-hydrogen) atoms. The van der Waals surface area contributed by atoms with Crippen molar-refractivity contribution in [2.75, 3.05) is 0 Å². The molecule has 16 heteroatoms. The second kappa shape index (κ2) is 11.8. The highest BCUT2D eigenvalue weighted by atomic mass is 16.8. The van der Waals surface area contributed by atoms with E-state index in [1.165, 1.54) is 48.5 Å². The van der Waals surface area contributed by atoms with Crippen molar-refractivity contribution in [2.24, 2.45) is 0 Å². The summed E-state index contributed by atoms with van der Waals surface area (Å²) in [5.74, 6) is -4.05. The van der Waals surface area contributed by atoms with Crippen LogP contribution in [0.4, 0.5) is 22.7 Å². The Morgan fingerprint density at radius 1 is 0.525 bits per heavy atom. The molecule has 0 aliphatic carbocycles. The number of rotatable bonds is 8. The fourth-order valence-electron chi connectivity index (χ4n) is 3.89. The molecule has 0 heterocycles. The molecule has 4 unspecified atom stereocenters. The molecule has 0 saturated heterocycles. The number of benzene rings is 4. The molecule has 0 radical (unpaired) electrons. The molecular weight excluding hydrogens is 536 g/mol. The lowest BCUT2D eigenvalue weighted by atomic mass is 10.0. The topological polar surface area (TPSA) is 244 Å². The number of carbonyl (C=O) groups is 2. The Morgan fingerprint density at radius 3 is 1.10 bits per heavy atom. The zero-order valence-corrected chi connectivity index (χ0v) is 20.0. The van der Waals surface area contributed by atoms with E-state index < -0.39 is 77.9 Å². The predicted octanol–water partition coefficient (Wildman–Crippen LogP) is -1.11. The average molecular weight is 556 g/mol. The number of ether oxygens (including phenoxy) is 2. The van der Waals surface area contributed by atoms with Crippen LogP contribution in [0.5, 0.6) is 11.5 Å². The van der Waals surface area contributed by atoms with Crippen molar-refractivity contribution in [3.8, 4) is 11.5 Å². The molecule has 0 amide bonds. The van der Waals surface area contributed by atoms with Crippen LogP contribution in [0.2, 0.25) is 0 Å². The number of quaternary nitrogens is 4. The maximum absolute atomic E-state index is 12.9. The average Bonchev–Trinajstić information content (AvgIpc) is 2.93. The standard InChI is InChI=1S/C24H20N4O12/c29-23(13-7-3-1-4-8-13)39-21-17(27(35)36)11-16(26(33)34)20-19(21)15(25(31)32)12-18(28(37)38)22(20)40-24(30)14-9-5-2-6-10-14/h1-12,25-28,31,33,35,37H. The van der Waals surface area contributed by atoms with E-state index >= 15 is 0 Å². The van der Waals surface area contributed by atoms with E-state index in [0.29, 0.717) is 12.1 Å². The normalized spacial score (nSPS) is 14.3. The third-order valence-corrected chi connectivity index (χ3v) is 5.64. The first-order chi connectivity index (χ1) is 19.0. The second-order valence-electron chi connectivity index (χ2n) is 8.08. The third-order valence-electron chi connectivity index (χ3n) is 5.64. The summed E-state index contributed by atoms with van der Waals surface area (Å²) in [6.45, 7) is 0. The van der Waals surface area contributed by atoms with Crippen LogP contribution in [0.15, 0.2) is 72.8 Å². The Morgan fingerprint density at radius 2 is 0.825 bits per heavy atom. The molecule has 4 aromatic carbocycles. The predicted molar refractivity (Wildman–Crippen MR) is 130 cm³/mol. The van der Waals surface area contributed by atoms with Gasteiger partial charge in [-0.15, -0.1) is 0 Å². The summed E-state index contributed by atoms with van der Waals surface area (Å²) in [6, 6.07) is 15.5. The maximum atomic E-state index is 12.9. The van der Waals surface area contributed by atoms with Gasteiger partial charge in [0.05, 0.1) is 23.3 Å². The van der Waals surface area contributed by atoms with Crippen LogP contribution in [-0.4, -0.2) is 32.8 Å². The van der Waals surface area contributed by atoms with Crippen molar-refractivity contribution >= 4 is 45.5 Å². The number of hydrogen-bond donors (Lipinski definition) is 8. The van der Waals surface area contributed by atoms with Gasteiger partial charge in [-0.2, -0.15) is 20.9 Å². The molecular formula is C24H20N4O12. The van der Waals surface area contributed by atoms with Crippen molar-refractivity contribution in [1.29, 1.82) is 0 Å². The lowest BCUT2D eigenvalue weighted by Crippen LogP contribution is -3.01. The first kappa shape index (κ1) is 28.6. The minimum atomic E-state index is -1.82. The van der Waals surface area contributed by atoms with E-state index in [-0.39, 0.29) is 11.1 Å². The van der Waals surface area contributed by atoms with Crippen molar-refractivity contribution < 1.29 is 60.8 Å². The molecule has 208 valence electrons. The molecule has 0 aliphatic rings. The Balaban J connectivity index is 2.11. The largest absolute Gasteiger partial charge is 0.595 e. The first-order valence-corrected chi connectivity index (χ1v) is 11.2. The fourth-order valence-corrected chi connectivity index (χ4v) is 3.89. The van der Waals surface area contributed by atoms with Crippen LogP contribution in [0.3, 0.4) is 0 Å². The van der Waals surface area contributed by atoms with Crippen LogP contribution in [0.1, 0.15) is 20.7 Å². The van der Waals surface area contributed by atoms with Gasteiger partial charge in [0.15, 0.2) is 11.4 Å². The van der Waals surface area contributed by atoms with Crippen molar-refractivity contribution in [1.82, 2.24) is 0 Å². The van der Waals surface area contributed by atoms with Gasteiger partial charge in [0, 0.05) is 0 Å². The van der Waals surface area contributed by atoms with E-state index in [4.69, 9.17) is 9.47 Å². The minimum Gasteiger partial charge on any atom is -0.595 e. The number of carbonyl (C=O) groups excluding carboxylic acids is 2. The molecule has 4 atom stereocenters. The number of esters is 2. The SMILES string of the molecule is O=C(Oc1c([NH+]([O-])O)cc([NH+]([O-])O)c2c(OC(=O)c3ccccc3)c([NH+]([O-])O)cc([NH+]([O-])O)c12)c1ccccc1. The Kier molecular flexibility index (Phi) is 8.42. The van der Waals surface area contributed by atoms with Gasteiger partial charge < -0.3 is 30.3 Å². The summed E-state index contributed by atoms with van der Waals surface area (Å²) in [6.07, 6.45) is 0. The van der Waals surface area contributed by atoms with Crippen LogP contribution in [0, 0.1) is 20.8 Å². The zero-order chi connectivity index (χ0) is 29.1. The molecule has 0 saturated carbocycles. The molecule has 8 N–H and O–H groups in total. The summed E-state index contributed by atoms with van der Waals surface area (Å²) in [5.41, 5.74) is -3.81. The smallest absolute Gasteiger partial charge is 0.343 e. The van der Waals surface area contributed by atoms with E-state index in [9.17, 15) is 51.2 Å². The molecule has 4 rings (SSSR count). The van der Waals surface area contributed by atoms with Crippen molar-refractivity contribution in [2.45, 2.75) is 0 Å². The van der Waals surface area contributed by atoms with E-state index in [1.807, 2.05) is 0 Å². The van der Waals surface area contributed by atoms with Gasteiger partial charge in [-0.3, -0.25) is 0 Å². The number of hydrogen-bond acceptors (Lipinski definition) is 12. The van der Waals surface area contributed by atoms with Crippen LogP contribution < -0.4 is 30.4 Å². The van der Waals surface area contributed by atoms with Gasteiger partial charge in [0.2, 0.25) is 22.9 Å². The lowest BCUT2D eigenvalue weighted by molar-refractivity contribution is -0.997. The minimum absolute atomic E-state index is 0.0657. The van der Waals surface area contributed by atoms with Gasteiger partial charge in [-0.1, -0.05) is 36.4 Å². The van der Waals surface area contributed by atoms with E-state index in [0.717, 1.165) is 0 Å². The van der Waals surface area contributed by atoms with Crippen LogP contribution in [-0.2, 0) is 0 Å². The quantitative estimate of drug-likeness (QED) is 0.0732. The molecule has 4 aromatic rings. The van der Waals surface area contributed by atoms with Gasteiger partial charge in [0.1, 0.15) is 10.8 Å². The Labute approximate surface area is 223 Å². The molecule has 0 spiro atoms. The van der Waals surface area contributed by atoms with Crippen molar-refractivity contribution in [3.63, 3.8) is 0 Å². The van der Waals surface area contributed by atoms with E-state index in [2.05, 4.69) is 0 Å². The fraction of sp³-hybridized carbons (Fsp3) is 0.